The summed E-state index contributed by atoms with van der Waals surface area (Å²) >= 11 is 6.81. The maximum Gasteiger partial charge on any atom is 0.274 e. The molecule has 2 atom stereocenters. The monoisotopic (exact) mass is 548 g/mol. The van der Waals surface area contributed by atoms with Crippen molar-refractivity contribution in [2.24, 2.45) is 14.1 Å². The summed E-state index contributed by atoms with van der Waals surface area (Å²) in [5.74, 6) is 1.89. The van der Waals surface area contributed by atoms with Gasteiger partial charge in [0.2, 0.25) is 11.8 Å². The van der Waals surface area contributed by atoms with Crippen molar-refractivity contribution in [2.75, 3.05) is 5.32 Å². The Bertz CT molecular complexity index is 1810. The van der Waals surface area contributed by atoms with Crippen LogP contribution in [0.15, 0.2) is 41.8 Å². The predicted octanol–water partition coefficient (Wildman–Crippen LogP) is 3.68. The van der Waals surface area contributed by atoms with E-state index in [0.29, 0.717) is 63.1 Å². The van der Waals surface area contributed by atoms with Gasteiger partial charge >= 0.3 is 0 Å². The maximum atomic E-state index is 12.8. The molecule has 0 saturated heterocycles. The van der Waals surface area contributed by atoms with Crippen LogP contribution in [0, 0.1) is 0 Å². The summed E-state index contributed by atoms with van der Waals surface area (Å²) in [7, 11) is 3.54. The number of rotatable bonds is 7. The molecule has 0 spiro atoms. The number of aliphatic hydroxyl groups is 1. The predicted molar refractivity (Wildman–Crippen MR) is 143 cm³/mol. The Morgan fingerprint density at radius 3 is 2.69 bits per heavy atom. The summed E-state index contributed by atoms with van der Waals surface area (Å²) in [6.07, 6.45) is 11.0. The highest BCUT2D eigenvalue weighted by molar-refractivity contribution is 6.36. The van der Waals surface area contributed by atoms with Gasteiger partial charge in [-0.15, -0.1) is 0 Å². The number of pyridine rings is 2. The molecular formula is C26H25ClN8O4. The standard InChI is InChI=1S/C26H25ClN8O4/c1-33-12-14(13-3-4-13)9-15(25(33)37)31-26-32-23-22(34(26)2)20(27)18(10-29-23)38-19-11-30-35-8-7-28-24(21(19)35)39-17-6-5-16(17)36/h7-13,16-17,36H,3-6H2,1-2H3,(H,29,31,32). The minimum absolute atomic E-state index is 0.149. The summed E-state index contributed by atoms with van der Waals surface area (Å²) in [6.45, 7) is 0. The van der Waals surface area contributed by atoms with E-state index in [1.54, 1.807) is 46.3 Å². The molecule has 39 heavy (non-hydrogen) atoms. The first-order valence-corrected chi connectivity index (χ1v) is 13.1. The molecule has 13 heteroatoms. The van der Waals surface area contributed by atoms with Crippen LogP contribution in [-0.2, 0) is 14.1 Å². The van der Waals surface area contributed by atoms with Crippen LogP contribution >= 0.6 is 11.6 Å². The molecule has 2 N–H and O–H groups in total. The van der Waals surface area contributed by atoms with Crippen LogP contribution in [0.3, 0.4) is 0 Å². The molecule has 2 aliphatic carbocycles. The van der Waals surface area contributed by atoms with Crippen molar-refractivity contribution in [3.63, 3.8) is 0 Å². The van der Waals surface area contributed by atoms with Gasteiger partial charge in [0, 0.05) is 32.7 Å². The van der Waals surface area contributed by atoms with Gasteiger partial charge < -0.3 is 29.0 Å². The number of nitrogens with zero attached hydrogens (tertiary/aromatic N) is 7. The SMILES string of the molecule is Cn1cc(C2CC2)cc(Nc2nc3ncc(Oc4cnn5ccnc(OC6CCC6O)c45)c(Cl)c3n2C)c1=O. The topological polar surface area (TPSA) is 134 Å². The molecule has 7 rings (SSSR count). The number of imidazole rings is 1. The molecule has 0 radical (unpaired) electrons. The Hall–Kier alpha value is -4.16. The molecule has 5 aromatic heterocycles. The number of nitrogens with one attached hydrogen (secondary N) is 1. The van der Waals surface area contributed by atoms with Crippen LogP contribution in [0.2, 0.25) is 5.02 Å². The summed E-state index contributed by atoms with van der Waals surface area (Å²) < 4.78 is 17.0. The zero-order valence-corrected chi connectivity index (χ0v) is 22.0. The van der Waals surface area contributed by atoms with Gasteiger partial charge in [0.15, 0.2) is 22.7 Å². The first-order valence-electron chi connectivity index (χ1n) is 12.7. The Morgan fingerprint density at radius 1 is 1.10 bits per heavy atom. The van der Waals surface area contributed by atoms with Gasteiger partial charge in [0.25, 0.3) is 5.56 Å². The molecule has 0 bridgehead atoms. The van der Waals surface area contributed by atoms with Gasteiger partial charge in [-0.1, -0.05) is 11.6 Å². The minimum Gasteiger partial charge on any atom is -0.470 e. The van der Waals surface area contributed by atoms with Gasteiger partial charge in [0.1, 0.15) is 22.3 Å². The summed E-state index contributed by atoms with van der Waals surface area (Å²) in [5, 5.41) is 17.8. The van der Waals surface area contributed by atoms with Crippen molar-refractivity contribution < 1.29 is 14.6 Å². The third-order valence-electron chi connectivity index (χ3n) is 7.33. The van der Waals surface area contributed by atoms with Crippen molar-refractivity contribution in [1.29, 1.82) is 0 Å². The number of anilines is 2. The molecule has 2 fully saturated rings. The van der Waals surface area contributed by atoms with Crippen molar-refractivity contribution in [1.82, 2.24) is 33.7 Å². The van der Waals surface area contributed by atoms with Gasteiger partial charge in [-0.05, 0) is 43.2 Å². The molecule has 5 aromatic rings. The van der Waals surface area contributed by atoms with E-state index in [0.717, 1.165) is 24.8 Å². The number of hydrogen-bond donors (Lipinski definition) is 2. The smallest absolute Gasteiger partial charge is 0.274 e. The number of ether oxygens (including phenoxy) is 2. The average Bonchev–Trinajstić information content (AvgIpc) is 3.62. The number of hydrogen-bond acceptors (Lipinski definition) is 9. The molecule has 2 saturated carbocycles. The fraction of sp³-hybridized carbons (Fsp3) is 0.346. The van der Waals surface area contributed by atoms with Crippen LogP contribution < -0.4 is 20.3 Å². The Labute approximate surface area is 226 Å². The quantitative estimate of drug-likeness (QED) is 0.312. The van der Waals surface area contributed by atoms with E-state index in [1.807, 2.05) is 12.3 Å². The molecule has 0 aromatic carbocycles. The van der Waals surface area contributed by atoms with Crippen molar-refractivity contribution in [2.45, 2.75) is 43.8 Å². The van der Waals surface area contributed by atoms with Crippen LogP contribution in [0.1, 0.15) is 37.2 Å². The lowest BCUT2D eigenvalue weighted by molar-refractivity contribution is -0.0377. The highest BCUT2D eigenvalue weighted by atomic mass is 35.5. The van der Waals surface area contributed by atoms with Crippen LogP contribution in [0.5, 0.6) is 17.4 Å². The molecular weight excluding hydrogens is 524 g/mol. The average molecular weight is 549 g/mol. The van der Waals surface area contributed by atoms with Gasteiger partial charge in [-0.25, -0.2) is 14.5 Å². The lowest BCUT2D eigenvalue weighted by Crippen LogP contribution is -2.41. The third-order valence-corrected chi connectivity index (χ3v) is 7.69. The maximum absolute atomic E-state index is 12.8. The van der Waals surface area contributed by atoms with Crippen molar-refractivity contribution in [3.8, 4) is 17.4 Å². The lowest BCUT2D eigenvalue weighted by Gasteiger charge is -2.32. The number of aromatic nitrogens is 7. The molecule has 5 heterocycles. The van der Waals surface area contributed by atoms with E-state index >= 15 is 0 Å². The highest BCUT2D eigenvalue weighted by Gasteiger charge is 2.32. The lowest BCUT2D eigenvalue weighted by atomic mass is 9.92. The fourth-order valence-corrected chi connectivity index (χ4v) is 5.08. The first kappa shape index (κ1) is 23.9. The normalized spacial score (nSPS) is 18.9. The van der Waals surface area contributed by atoms with Gasteiger partial charge in [-0.2, -0.15) is 10.1 Å². The Balaban J connectivity index is 1.22. The molecule has 0 amide bonds. The summed E-state index contributed by atoms with van der Waals surface area (Å²) in [6, 6.07) is 1.89. The zero-order chi connectivity index (χ0) is 26.8. The zero-order valence-electron chi connectivity index (χ0n) is 21.2. The number of aryl methyl sites for hydroxylation is 2. The first-order chi connectivity index (χ1) is 18.9. The molecule has 0 aliphatic heterocycles. The highest BCUT2D eigenvalue weighted by Crippen LogP contribution is 2.41. The second kappa shape index (κ2) is 8.95. The van der Waals surface area contributed by atoms with Gasteiger partial charge in [0.05, 0.1) is 18.5 Å². The van der Waals surface area contributed by atoms with Crippen molar-refractivity contribution >= 4 is 39.9 Å². The largest absolute Gasteiger partial charge is 0.470 e. The van der Waals surface area contributed by atoms with E-state index in [1.165, 1.54) is 6.20 Å². The number of aliphatic hydroxyl groups excluding tert-OH is 1. The minimum atomic E-state index is -0.524. The Morgan fingerprint density at radius 2 is 1.95 bits per heavy atom. The van der Waals surface area contributed by atoms with Gasteiger partial charge in [-0.3, -0.25) is 4.79 Å². The fourth-order valence-electron chi connectivity index (χ4n) is 4.78. The summed E-state index contributed by atoms with van der Waals surface area (Å²) in [4.78, 5) is 26.2. The van der Waals surface area contributed by atoms with E-state index in [-0.39, 0.29) is 11.7 Å². The van der Waals surface area contributed by atoms with Crippen molar-refractivity contribution in [3.05, 3.63) is 58.0 Å². The molecule has 2 aliphatic rings. The number of halogens is 1. The molecule has 200 valence electrons. The van der Waals surface area contributed by atoms with Crippen LogP contribution in [0.4, 0.5) is 11.6 Å². The second-order valence-corrected chi connectivity index (χ2v) is 10.4. The Kier molecular flexibility index (Phi) is 5.49. The van der Waals surface area contributed by atoms with E-state index in [4.69, 9.17) is 21.1 Å². The van der Waals surface area contributed by atoms with E-state index in [2.05, 4.69) is 25.4 Å². The number of fused-ring (bicyclic) bond motifs is 2. The van der Waals surface area contributed by atoms with Crippen LogP contribution in [0.25, 0.3) is 16.7 Å². The summed E-state index contributed by atoms with van der Waals surface area (Å²) in [5.41, 5.74) is 2.86. The van der Waals surface area contributed by atoms with E-state index in [9.17, 15) is 9.90 Å². The second-order valence-electron chi connectivity index (χ2n) is 10.0. The third kappa shape index (κ3) is 4.07. The van der Waals surface area contributed by atoms with E-state index < -0.39 is 6.10 Å². The molecule has 2 unspecified atom stereocenters. The van der Waals surface area contributed by atoms with Crippen LogP contribution in [-0.4, -0.2) is 51.0 Å². The molecule has 12 nitrogen and oxygen atoms in total.